The molecule has 1 unspecified atom stereocenters. The molecule has 77 heavy (non-hydrogen) atoms. The fraction of sp³-hybridized carbons (Fsp3) is 0.789. The van der Waals surface area contributed by atoms with Crippen LogP contribution in [0.5, 0.6) is 0 Å². The van der Waals surface area contributed by atoms with E-state index in [0.717, 1.165) is 96.3 Å². The first kappa shape index (κ1) is 73.8. The smallest absolute Gasteiger partial charge is 0.306 e. The fourth-order valence-electron chi connectivity index (χ4n) is 9.70. The Labute approximate surface area is 478 Å². The quantitative estimate of drug-likeness (QED) is 0.0261. The van der Waals surface area contributed by atoms with Crippen LogP contribution in [0.4, 0.5) is 0 Å². The molecule has 0 heterocycles. The molecule has 0 rings (SSSR count). The highest BCUT2D eigenvalue weighted by Gasteiger charge is 2.19. The van der Waals surface area contributed by atoms with Gasteiger partial charge in [0.2, 0.25) is 0 Å². The summed E-state index contributed by atoms with van der Waals surface area (Å²) in [6.07, 6.45) is 85.0. The second-order valence-corrected chi connectivity index (χ2v) is 22.4. The zero-order valence-corrected chi connectivity index (χ0v) is 51.2. The minimum absolute atomic E-state index is 0.0728. The highest BCUT2D eigenvalue weighted by Crippen LogP contribution is 2.17. The molecular weight excluding hydrogens is 949 g/mol. The Morgan fingerprint density at radius 3 is 0.805 bits per heavy atom. The van der Waals surface area contributed by atoms with Crippen molar-refractivity contribution in [2.24, 2.45) is 0 Å². The molecular formula is C71H126O6. The van der Waals surface area contributed by atoms with Gasteiger partial charge in [-0.2, -0.15) is 0 Å². The highest BCUT2D eigenvalue weighted by molar-refractivity contribution is 5.71. The largest absolute Gasteiger partial charge is 0.462 e. The van der Waals surface area contributed by atoms with Crippen molar-refractivity contribution in [1.29, 1.82) is 0 Å². The number of hydrogen-bond acceptors (Lipinski definition) is 6. The van der Waals surface area contributed by atoms with Crippen molar-refractivity contribution in [1.82, 2.24) is 0 Å². The number of rotatable bonds is 61. The van der Waals surface area contributed by atoms with Crippen LogP contribution in [0.1, 0.15) is 342 Å². The minimum atomic E-state index is -0.775. The van der Waals surface area contributed by atoms with Crippen molar-refractivity contribution in [2.45, 2.75) is 348 Å². The van der Waals surface area contributed by atoms with Crippen LogP contribution in [0.2, 0.25) is 0 Å². The second kappa shape index (κ2) is 65.4. The van der Waals surface area contributed by atoms with E-state index in [9.17, 15) is 14.4 Å². The predicted octanol–water partition coefficient (Wildman–Crippen LogP) is 22.9. The summed E-state index contributed by atoms with van der Waals surface area (Å²) in [7, 11) is 0. The van der Waals surface area contributed by atoms with E-state index in [0.29, 0.717) is 19.3 Å². The summed E-state index contributed by atoms with van der Waals surface area (Å²) in [5.41, 5.74) is 0. The van der Waals surface area contributed by atoms with Crippen LogP contribution in [-0.4, -0.2) is 37.2 Å². The van der Waals surface area contributed by atoms with Crippen LogP contribution in [0.15, 0.2) is 72.9 Å². The van der Waals surface area contributed by atoms with Crippen molar-refractivity contribution in [3.05, 3.63) is 72.9 Å². The van der Waals surface area contributed by atoms with E-state index in [4.69, 9.17) is 14.2 Å². The Morgan fingerprint density at radius 2 is 0.506 bits per heavy atom. The van der Waals surface area contributed by atoms with Crippen LogP contribution in [0, 0.1) is 0 Å². The standard InChI is InChI=1S/C71H126O6/c1-4-7-10-13-16-19-22-24-26-27-28-29-30-31-32-33-34-35-36-37-38-39-40-41-42-43-45-46-49-52-55-58-61-64-70(73)76-67-68(66-75-69(72)63-60-57-54-51-48-21-18-15-12-9-6-3)77-71(74)65-62-59-56-53-50-47-44-25-23-20-17-14-11-8-5-2/h7,10,16,19,24-26,28-29,31-32,44,68H,4-6,8-9,11-15,17-18,20-23,27,30,33-43,45-67H2,1-3H3/b10-7-,19-16-,26-24-,29-28-,32-31-,44-25-. The van der Waals surface area contributed by atoms with Crippen molar-refractivity contribution >= 4 is 17.9 Å². The molecule has 0 saturated heterocycles. The zero-order valence-electron chi connectivity index (χ0n) is 51.2. The summed E-state index contributed by atoms with van der Waals surface area (Å²) in [5, 5.41) is 0. The number of allylic oxidation sites excluding steroid dienone is 12. The van der Waals surface area contributed by atoms with Gasteiger partial charge in [0, 0.05) is 19.3 Å². The Morgan fingerprint density at radius 1 is 0.273 bits per heavy atom. The molecule has 1 atom stereocenters. The first-order valence-electron chi connectivity index (χ1n) is 33.4. The Hall–Kier alpha value is -3.15. The molecule has 0 fully saturated rings. The number of hydrogen-bond donors (Lipinski definition) is 0. The van der Waals surface area contributed by atoms with Gasteiger partial charge >= 0.3 is 17.9 Å². The SMILES string of the molecule is CC/C=C\C/C=C\C/C=C\C/C=C\C/C=C\CCCCCCCCCCCCCCCCCCCC(=O)OCC(COC(=O)CCCCCCCCCCCCC)OC(=O)CCCCCCC/C=C\CCCCCCCC. The first-order valence-corrected chi connectivity index (χ1v) is 33.4. The monoisotopic (exact) mass is 1070 g/mol. The molecule has 0 bridgehead atoms. The predicted molar refractivity (Wildman–Crippen MR) is 335 cm³/mol. The van der Waals surface area contributed by atoms with Gasteiger partial charge in [0.25, 0.3) is 0 Å². The number of carbonyl (C=O) groups excluding carboxylic acids is 3. The molecule has 0 amide bonds. The normalized spacial score (nSPS) is 12.5. The molecule has 0 aliphatic heterocycles. The van der Waals surface area contributed by atoms with E-state index in [1.807, 2.05) is 0 Å². The van der Waals surface area contributed by atoms with Gasteiger partial charge < -0.3 is 14.2 Å². The van der Waals surface area contributed by atoms with Crippen LogP contribution in [-0.2, 0) is 28.6 Å². The van der Waals surface area contributed by atoms with Gasteiger partial charge in [0.15, 0.2) is 6.10 Å². The number of esters is 3. The van der Waals surface area contributed by atoms with Crippen molar-refractivity contribution in [2.75, 3.05) is 13.2 Å². The van der Waals surface area contributed by atoms with Gasteiger partial charge in [-0.15, -0.1) is 0 Å². The summed E-state index contributed by atoms with van der Waals surface area (Å²) in [6, 6.07) is 0. The van der Waals surface area contributed by atoms with E-state index in [1.165, 1.54) is 205 Å². The molecule has 0 aromatic rings. The van der Waals surface area contributed by atoms with E-state index in [1.54, 1.807) is 0 Å². The van der Waals surface area contributed by atoms with Gasteiger partial charge in [-0.1, -0.05) is 306 Å². The third-order valence-corrected chi connectivity index (χ3v) is 14.7. The summed E-state index contributed by atoms with van der Waals surface area (Å²) in [5.74, 6) is -0.864. The minimum Gasteiger partial charge on any atom is -0.462 e. The third kappa shape index (κ3) is 63.6. The van der Waals surface area contributed by atoms with E-state index < -0.39 is 6.10 Å². The molecule has 0 saturated carbocycles. The molecule has 0 spiro atoms. The molecule has 6 nitrogen and oxygen atoms in total. The van der Waals surface area contributed by atoms with Gasteiger partial charge in [-0.3, -0.25) is 14.4 Å². The summed E-state index contributed by atoms with van der Waals surface area (Å²) in [6.45, 7) is 6.55. The van der Waals surface area contributed by atoms with Gasteiger partial charge in [0.1, 0.15) is 13.2 Å². The molecule has 0 aliphatic rings. The Balaban J connectivity index is 4.10. The molecule has 0 radical (unpaired) electrons. The lowest BCUT2D eigenvalue weighted by molar-refractivity contribution is -0.167. The van der Waals surface area contributed by atoms with Crippen LogP contribution < -0.4 is 0 Å². The van der Waals surface area contributed by atoms with Crippen LogP contribution in [0.25, 0.3) is 0 Å². The van der Waals surface area contributed by atoms with Crippen molar-refractivity contribution in [3.8, 4) is 0 Å². The molecule has 446 valence electrons. The maximum Gasteiger partial charge on any atom is 0.306 e. The first-order chi connectivity index (χ1) is 38.0. The lowest BCUT2D eigenvalue weighted by Crippen LogP contribution is -2.30. The molecule has 6 heteroatoms. The van der Waals surface area contributed by atoms with Crippen molar-refractivity contribution < 1.29 is 28.6 Å². The molecule has 0 N–H and O–H groups in total. The molecule has 0 aliphatic carbocycles. The average molecular weight is 1080 g/mol. The van der Waals surface area contributed by atoms with Crippen LogP contribution in [0.3, 0.4) is 0 Å². The molecule has 0 aromatic heterocycles. The van der Waals surface area contributed by atoms with Crippen molar-refractivity contribution in [3.63, 3.8) is 0 Å². The average Bonchev–Trinajstić information content (AvgIpc) is 3.43. The lowest BCUT2D eigenvalue weighted by atomic mass is 10.0. The number of carbonyl (C=O) groups is 3. The lowest BCUT2D eigenvalue weighted by Gasteiger charge is -2.18. The second-order valence-electron chi connectivity index (χ2n) is 22.4. The zero-order chi connectivity index (χ0) is 55.7. The summed E-state index contributed by atoms with van der Waals surface area (Å²) < 4.78 is 16.9. The fourth-order valence-corrected chi connectivity index (χ4v) is 9.70. The maximum atomic E-state index is 12.9. The Bertz CT molecular complexity index is 1420. The number of ether oxygens (including phenoxy) is 3. The third-order valence-electron chi connectivity index (χ3n) is 14.7. The van der Waals surface area contributed by atoms with Crippen LogP contribution >= 0.6 is 0 Å². The van der Waals surface area contributed by atoms with Gasteiger partial charge in [-0.05, 0) is 89.9 Å². The van der Waals surface area contributed by atoms with E-state index >= 15 is 0 Å². The number of unbranched alkanes of at least 4 members (excludes halogenated alkanes) is 38. The highest BCUT2D eigenvalue weighted by atomic mass is 16.6. The Kier molecular flexibility index (Phi) is 62.7. The van der Waals surface area contributed by atoms with E-state index in [-0.39, 0.29) is 31.1 Å². The van der Waals surface area contributed by atoms with Gasteiger partial charge in [0.05, 0.1) is 0 Å². The summed E-state index contributed by atoms with van der Waals surface area (Å²) in [4.78, 5) is 38.2. The van der Waals surface area contributed by atoms with E-state index in [2.05, 4.69) is 93.7 Å². The topological polar surface area (TPSA) is 78.9 Å². The summed E-state index contributed by atoms with van der Waals surface area (Å²) >= 11 is 0. The molecule has 0 aromatic carbocycles. The van der Waals surface area contributed by atoms with Gasteiger partial charge in [-0.25, -0.2) is 0 Å². The maximum absolute atomic E-state index is 12.9.